The highest BCUT2D eigenvalue weighted by molar-refractivity contribution is 9.10. The summed E-state index contributed by atoms with van der Waals surface area (Å²) in [7, 11) is 0. The van der Waals surface area contributed by atoms with E-state index in [-0.39, 0.29) is 23.4 Å². The van der Waals surface area contributed by atoms with E-state index < -0.39 is 0 Å². The number of benzene rings is 1. The summed E-state index contributed by atoms with van der Waals surface area (Å²) >= 11 is 3.42. The van der Waals surface area contributed by atoms with Gasteiger partial charge in [-0.1, -0.05) is 19.3 Å². The standard InChI is InChI=1S/C15H19BrFNO/c16-11-5-4-10(17)8-12(11)19-14-9-13(18)15(14)6-2-1-3-7-15/h4-5,8,13-14H,1-3,6-7,9,18H2. The molecule has 0 heterocycles. The molecule has 2 atom stereocenters. The van der Waals surface area contributed by atoms with Gasteiger partial charge in [-0.3, -0.25) is 0 Å². The van der Waals surface area contributed by atoms with E-state index in [0.717, 1.165) is 23.7 Å². The molecule has 2 unspecified atom stereocenters. The second-order valence-electron chi connectivity index (χ2n) is 5.82. The zero-order valence-electron chi connectivity index (χ0n) is 10.9. The fourth-order valence-electron chi connectivity index (χ4n) is 3.57. The van der Waals surface area contributed by atoms with Gasteiger partial charge >= 0.3 is 0 Å². The molecule has 0 bridgehead atoms. The summed E-state index contributed by atoms with van der Waals surface area (Å²) in [4.78, 5) is 0. The van der Waals surface area contributed by atoms with Crippen molar-refractivity contribution in [3.8, 4) is 5.75 Å². The van der Waals surface area contributed by atoms with Gasteiger partial charge in [0.1, 0.15) is 17.7 Å². The Balaban J connectivity index is 1.78. The van der Waals surface area contributed by atoms with Crippen LogP contribution in [-0.2, 0) is 0 Å². The van der Waals surface area contributed by atoms with E-state index >= 15 is 0 Å². The Morgan fingerprint density at radius 2 is 2.00 bits per heavy atom. The molecule has 4 heteroatoms. The lowest BCUT2D eigenvalue weighted by atomic mass is 9.55. The Hall–Kier alpha value is -0.610. The Labute approximate surface area is 121 Å². The molecule has 1 spiro atoms. The highest BCUT2D eigenvalue weighted by Gasteiger charge is 2.55. The van der Waals surface area contributed by atoms with Crippen LogP contribution in [0.1, 0.15) is 38.5 Å². The van der Waals surface area contributed by atoms with Crippen LogP contribution in [0, 0.1) is 11.2 Å². The molecule has 2 nitrogen and oxygen atoms in total. The largest absolute Gasteiger partial charge is 0.488 e. The summed E-state index contributed by atoms with van der Waals surface area (Å²) in [6, 6.07) is 4.81. The Morgan fingerprint density at radius 3 is 2.68 bits per heavy atom. The van der Waals surface area contributed by atoms with Crippen LogP contribution < -0.4 is 10.5 Å². The van der Waals surface area contributed by atoms with Gasteiger partial charge in [-0.2, -0.15) is 0 Å². The van der Waals surface area contributed by atoms with Crippen molar-refractivity contribution in [1.29, 1.82) is 0 Å². The van der Waals surface area contributed by atoms with Crippen LogP contribution in [0.4, 0.5) is 4.39 Å². The third kappa shape index (κ3) is 2.29. The molecule has 2 aliphatic rings. The van der Waals surface area contributed by atoms with E-state index in [0.29, 0.717) is 5.75 Å². The number of halogens is 2. The molecule has 0 radical (unpaired) electrons. The lowest BCUT2D eigenvalue weighted by molar-refractivity contribution is -0.0902. The molecule has 0 aliphatic heterocycles. The zero-order chi connectivity index (χ0) is 13.5. The summed E-state index contributed by atoms with van der Waals surface area (Å²) in [5, 5.41) is 0. The van der Waals surface area contributed by atoms with Gasteiger partial charge in [-0.15, -0.1) is 0 Å². The maximum Gasteiger partial charge on any atom is 0.136 e. The summed E-state index contributed by atoms with van der Waals surface area (Å²) in [6.07, 6.45) is 7.07. The number of nitrogens with two attached hydrogens (primary N) is 1. The minimum Gasteiger partial charge on any atom is -0.488 e. The van der Waals surface area contributed by atoms with Crippen molar-refractivity contribution in [3.63, 3.8) is 0 Å². The van der Waals surface area contributed by atoms with E-state index in [2.05, 4.69) is 15.9 Å². The minimum atomic E-state index is -0.264. The first-order chi connectivity index (χ1) is 9.12. The van der Waals surface area contributed by atoms with Crippen LogP contribution in [0.5, 0.6) is 5.75 Å². The first-order valence-electron chi connectivity index (χ1n) is 6.99. The lowest BCUT2D eigenvalue weighted by Gasteiger charge is -2.56. The van der Waals surface area contributed by atoms with Gasteiger partial charge in [-0.25, -0.2) is 4.39 Å². The predicted molar refractivity (Wildman–Crippen MR) is 76.6 cm³/mol. The van der Waals surface area contributed by atoms with Crippen molar-refractivity contribution >= 4 is 15.9 Å². The maximum absolute atomic E-state index is 13.3. The van der Waals surface area contributed by atoms with Gasteiger partial charge in [0.25, 0.3) is 0 Å². The van der Waals surface area contributed by atoms with Crippen molar-refractivity contribution in [1.82, 2.24) is 0 Å². The molecule has 19 heavy (non-hydrogen) atoms. The summed E-state index contributed by atoms with van der Waals surface area (Å²) in [5.74, 6) is 0.335. The number of hydrogen-bond acceptors (Lipinski definition) is 2. The van der Waals surface area contributed by atoms with Crippen molar-refractivity contribution in [3.05, 3.63) is 28.5 Å². The predicted octanol–water partition coefficient (Wildman–Crippen LogP) is 4.02. The molecule has 0 aromatic heterocycles. The van der Waals surface area contributed by atoms with Crippen molar-refractivity contribution in [2.24, 2.45) is 11.1 Å². The molecule has 104 valence electrons. The molecule has 2 aliphatic carbocycles. The van der Waals surface area contributed by atoms with Crippen molar-refractivity contribution in [2.75, 3.05) is 0 Å². The fraction of sp³-hybridized carbons (Fsp3) is 0.600. The molecular weight excluding hydrogens is 309 g/mol. The topological polar surface area (TPSA) is 35.2 Å². The summed E-state index contributed by atoms with van der Waals surface area (Å²) in [5.41, 5.74) is 6.36. The molecule has 1 aromatic rings. The SMILES string of the molecule is NC1CC(Oc2cc(F)ccc2Br)C12CCCCC2. The molecular formula is C15H19BrFNO. The molecule has 0 amide bonds. The average Bonchev–Trinajstić information content (AvgIpc) is 2.43. The third-order valence-corrected chi connectivity index (χ3v) is 5.45. The van der Waals surface area contributed by atoms with E-state index in [1.54, 1.807) is 6.07 Å². The molecule has 1 aromatic carbocycles. The zero-order valence-corrected chi connectivity index (χ0v) is 12.5. The highest BCUT2D eigenvalue weighted by Crippen LogP contribution is 2.52. The number of rotatable bonds is 2. The fourth-order valence-corrected chi connectivity index (χ4v) is 3.91. The first kappa shape index (κ1) is 13.4. The number of ether oxygens (including phenoxy) is 1. The van der Waals surface area contributed by atoms with E-state index in [1.807, 2.05) is 0 Å². The molecule has 2 fully saturated rings. The Morgan fingerprint density at radius 1 is 1.26 bits per heavy atom. The highest BCUT2D eigenvalue weighted by atomic mass is 79.9. The van der Waals surface area contributed by atoms with Gasteiger partial charge in [0.05, 0.1) is 4.47 Å². The van der Waals surface area contributed by atoms with E-state index in [4.69, 9.17) is 10.5 Å². The number of hydrogen-bond donors (Lipinski definition) is 1. The van der Waals surface area contributed by atoms with Gasteiger partial charge in [-0.05, 0) is 40.9 Å². The molecule has 2 N–H and O–H groups in total. The van der Waals surface area contributed by atoms with Crippen LogP contribution in [0.15, 0.2) is 22.7 Å². The average molecular weight is 328 g/mol. The lowest BCUT2D eigenvalue weighted by Crippen LogP contribution is -2.64. The van der Waals surface area contributed by atoms with Crippen LogP contribution in [0.25, 0.3) is 0 Å². The Bertz CT molecular complexity index is 473. The summed E-state index contributed by atoms with van der Waals surface area (Å²) in [6.45, 7) is 0. The van der Waals surface area contributed by atoms with Crippen LogP contribution in [0.2, 0.25) is 0 Å². The van der Waals surface area contributed by atoms with Crippen LogP contribution in [0.3, 0.4) is 0 Å². The minimum absolute atomic E-state index is 0.129. The van der Waals surface area contributed by atoms with Gasteiger partial charge < -0.3 is 10.5 Å². The molecule has 2 saturated carbocycles. The van der Waals surface area contributed by atoms with Gasteiger partial charge in [0.15, 0.2) is 0 Å². The normalized spacial score (nSPS) is 29.0. The van der Waals surface area contributed by atoms with Crippen LogP contribution in [-0.4, -0.2) is 12.1 Å². The second kappa shape index (κ2) is 5.06. The maximum atomic E-state index is 13.3. The van der Waals surface area contributed by atoms with E-state index in [1.165, 1.54) is 31.4 Å². The van der Waals surface area contributed by atoms with Gasteiger partial charge in [0.2, 0.25) is 0 Å². The third-order valence-electron chi connectivity index (χ3n) is 4.79. The van der Waals surface area contributed by atoms with Gasteiger partial charge in [0, 0.05) is 23.9 Å². The van der Waals surface area contributed by atoms with Crippen molar-refractivity contribution < 1.29 is 9.13 Å². The monoisotopic (exact) mass is 327 g/mol. The van der Waals surface area contributed by atoms with E-state index in [9.17, 15) is 4.39 Å². The summed E-state index contributed by atoms with van der Waals surface area (Å²) < 4.78 is 20.2. The quantitative estimate of drug-likeness (QED) is 0.890. The smallest absolute Gasteiger partial charge is 0.136 e. The molecule has 0 saturated heterocycles. The second-order valence-corrected chi connectivity index (χ2v) is 6.67. The van der Waals surface area contributed by atoms with Crippen LogP contribution >= 0.6 is 15.9 Å². The first-order valence-corrected chi connectivity index (χ1v) is 7.78. The van der Waals surface area contributed by atoms with Crippen molar-refractivity contribution in [2.45, 2.75) is 50.7 Å². The Kier molecular flexibility index (Phi) is 3.56. The molecule has 3 rings (SSSR count).